The van der Waals surface area contributed by atoms with Crippen LogP contribution >= 0.6 is 11.6 Å². The van der Waals surface area contributed by atoms with Crippen LogP contribution in [0.4, 0.5) is 0 Å². The summed E-state index contributed by atoms with van der Waals surface area (Å²) in [4.78, 5) is 14.9. The molecule has 1 unspecified atom stereocenters. The molecule has 3 rings (SSSR count). The summed E-state index contributed by atoms with van der Waals surface area (Å²) in [6.07, 6.45) is 2.07. The second-order valence-corrected chi connectivity index (χ2v) is 7.07. The minimum Gasteiger partial charge on any atom is -0.493 e. The summed E-state index contributed by atoms with van der Waals surface area (Å²) in [5.74, 6) is 1.20. The van der Waals surface area contributed by atoms with Crippen LogP contribution in [0.25, 0.3) is 0 Å². The van der Waals surface area contributed by atoms with E-state index < -0.39 is 0 Å². The van der Waals surface area contributed by atoms with E-state index >= 15 is 0 Å². The van der Waals surface area contributed by atoms with Crippen molar-refractivity contribution in [2.45, 2.75) is 25.5 Å². The van der Waals surface area contributed by atoms with Crippen molar-refractivity contribution in [3.63, 3.8) is 0 Å². The van der Waals surface area contributed by atoms with Gasteiger partial charge in [0.2, 0.25) is 0 Å². The van der Waals surface area contributed by atoms with E-state index in [2.05, 4.69) is 5.32 Å². The first-order chi connectivity index (χ1) is 13.1. The largest absolute Gasteiger partial charge is 0.493 e. The van der Waals surface area contributed by atoms with Crippen LogP contribution in [0, 0.1) is 0 Å². The van der Waals surface area contributed by atoms with Crippen LogP contribution in [-0.4, -0.2) is 44.1 Å². The molecule has 27 heavy (non-hydrogen) atoms. The minimum absolute atomic E-state index is 0.0373. The van der Waals surface area contributed by atoms with Gasteiger partial charge < -0.3 is 19.7 Å². The standard InChI is InChI=1S/C21H25ClN2O3/c1-23-13-18-4-3-11-24(18)21(25)16-7-10-19(20(12-16)26-2)27-14-15-5-8-17(22)9-6-15/h5-10,12,18,23H,3-4,11,13-14H2,1-2H3. The van der Waals surface area contributed by atoms with Crippen molar-refractivity contribution in [3.05, 3.63) is 58.6 Å². The van der Waals surface area contributed by atoms with Crippen LogP contribution in [0.1, 0.15) is 28.8 Å². The molecule has 1 amide bonds. The van der Waals surface area contributed by atoms with Gasteiger partial charge in [0.25, 0.3) is 5.91 Å². The van der Waals surface area contributed by atoms with Crippen molar-refractivity contribution in [3.8, 4) is 11.5 Å². The van der Waals surface area contributed by atoms with Gasteiger partial charge in [-0.3, -0.25) is 4.79 Å². The predicted molar refractivity (Wildman–Crippen MR) is 107 cm³/mol. The number of likely N-dealkylation sites (tertiary alicyclic amines) is 1. The number of amides is 1. The molecule has 1 aliphatic heterocycles. The highest BCUT2D eigenvalue weighted by Gasteiger charge is 2.29. The molecule has 5 nitrogen and oxygen atoms in total. The number of nitrogens with one attached hydrogen (secondary N) is 1. The summed E-state index contributed by atoms with van der Waals surface area (Å²) >= 11 is 5.91. The number of hydrogen-bond donors (Lipinski definition) is 1. The topological polar surface area (TPSA) is 50.8 Å². The van der Waals surface area contributed by atoms with Gasteiger partial charge in [0.15, 0.2) is 11.5 Å². The van der Waals surface area contributed by atoms with Gasteiger partial charge in [-0.05, 0) is 55.8 Å². The Bertz CT molecular complexity index is 779. The molecular formula is C21H25ClN2O3. The molecular weight excluding hydrogens is 364 g/mol. The third-order valence-electron chi connectivity index (χ3n) is 4.80. The SMILES string of the molecule is CNCC1CCCN1C(=O)c1ccc(OCc2ccc(Cl)cc2)c(OC)c1. The van der Waals surface area contributed by atoms with E-state index in [-0.39, 0.29) is 11.9 Å². The number of nitrogens with zero attached hydrogens (tertiary/aromatic N) is 1. The van der Waals surface area contributed by atoms with E-state index in [1.165, 1.54) is 0 Å². The van der Waals surface area contributed by atoms with Crippen LogP contribution in [0.3, 0.4) is 0 Å². The molecule has 1 aliphatic rings. The summed E-state index contributed by atoms with van der Waals surface area (Å²) < 4.78 is 11.3. The molecule has 1 fully saturated rings. The van der Waals surface area contributed by atoms with Gasteiger partial charge in [-0.25, -0.2) is 0 Å². The lowest BCUT2D eigenvalue weighted by atomic mass is 10.1. The maximum absolute atomic E-state index is 12.9. The lowest BCUT2D eigenvalue weighted by Gasteiger charge is -2.25. The van der Waals surface area contributed by atoms with Crippen molar-refractivity contribution in [1.29, 1.82) is 0 Å². The fourth-order valence-electron chi connectivity index (χ4n) is 3.38. The molecule has 1 heterocycles. The number of rotatable bonds is 7. The molecule has 6 heteroatoms. The highest BCUT2D eigenvalue weighted by molar-refractivity contribution is 6.30. The second kappa shape index (κ2) is 9.11. The summed E-state index contributed by atoms with van der Waals surface area (Å²) in [6.45, 7) is 2.00. The minimum atomic E-state index is 0.0373. The zero-order valence-electron chi connectivity index (χ0n) is 15.7. The number of hydrogen-bond acceptors (Lipinski definition) is 4. The molecule has 2 aromatic carbocycles. The number of carbonyl (C=O) groups excluding carboxylic acids is 1. The summed E-state index contributed by atoms with van der Waals surface area (Å²) in [7, 11) is 3.50. The van der Waals surface area contributed by atoms with Crippen LogP contribution in [0.15, 0.2) is 42.5 Å². The molecule has 0 radical (unpaired) electrons. The fourth-order valence-corrected chi connectivity index (χ4v) is 3.50. The number of likely N-dealkylation sites (N-methyl/N-ethyl adjacent to an activating group) is 1. The Labute approximate surface area is 165 Å². The van der Waals surface area contributed by atoms with E-state index in [0.717, 1.165) is 31.5 Å². The zero-order valence-corrected chi connectivity index (χ0v) is 16.5. The normalized spacial score (nSPS) is 16.4. The van der Waals surface area contributed by atoms with E-state index in [1.807, 2.05) is 36.2 Å². The molecule has 0 spiro atoms. The van der Waals surface area contributed by atoms with Gasteiger partial charge in [0.1, 0.15) is 6.61 Å². The molecule has 0 aliphatic carbocycles. The third kappa shape index (κ3) is 4.73. The average Bonchev–Trinajstić information content (AvgIpc) is 3.15. The Morgan fingerprint density at radius 2 is 2.00 bits per heavy atom. The molecule has 2 aromatic rings. The number of methoxy groups -OCH3 is 1. The Morgan fingerprint density at radius 3 is 2.70 bits per heavy atom. The lowest BCUT2D eigenvalue weighted by Crippen LogP contribution is -2.40. The van der Waals surface area contributed by atoms with Gasteiger partial charge in [-0.1, -0.05) is 23.7 Å². The van der Waals surface area contributed by atoms with Crippen LogP contribution < -0.4 is 14.8 Å². The Hall–Kier alpha value is -2.24. The highest BCUT2D eigenvalue weighted by atomic mass is 35.5. The monoisotopic (exact) mass is 388 g/mol. The summed E-state index contributed by atoms with van der Waals surface area (Å²) in [5.41, 5.74) is 1.63. The van der Waals surface area contributed by atoms with E-state index in [4.69, 9.17) is 21.1 Å². The molecule has 0 aromatic heterocycles. The first-order valence-corrected chi connectivity index (χ1v) is 9.51. The number of ether oxygens (including phenoxy) is 2. The Morgan fingerprint density at radius 1 is 1.22 bits per heavy atom. The third-order valence-corrected chi connectivity index (χ3v) is 5.05. The van der Waals surface area contributed by atoms with Crippen molar-refractivity contribution >= 4 is 17.5 Å². The number of carbonyl (C=O) groups is 1. The average molecular weight is 389 g/mol. The van der Waals surface area contributed by atoms with E-state index in [1.54, 1.807) is 25.3 Å². The molecule has 1 atom stereocenters. The molecule has 1 saturated heterocycles. The molecule has 1 N–H and O–H groups in total. The van der Waals surface area contributed by atoms with Gasteiger partial charge >= 0.3 is 0 Å². The second-order valence-electron chi connectivity index (χ2n) is 6.63. The maximum atomic E-state index is 12.9. The summed E-state index contributed by atoms with van der Waals surface area (Å²) in [6, 6.07) is 13.1. The van der Waals surface area contributed by atoms with Gasteiger partial charge in [-0.2, -0.15) is 0 Å². The van der Waals surface area contributed by atoms with Crippen molar-refractivity contribution < 1.29 is 14.3 Å². The maximum Gasteiger partial charge on any atom is 0.254 e. The van der Waals surface area contributed by atoms with Crippen molar-refractivity contribution in [1.82, 2.24) is 10.2 Å². The van der Waals surface area contributed by atoms with Crippen molar-refractivity contribution in [2.24, 2.45) is 0 Å². The summed E-state index contributed by atoms with van der Waals surface area (Å²) in [5, 5.41) is 3.86. The van der Waals surface area contributed by atoms with Crippen LogP contribution in [-0.2, 0) is 6.61 Å². The lowest BCUT2D eigenvalue weighted by molar-refractivity contribution is 0.0736. The van der Waals surface area contributed by atoms with Crippen molar-refractivity contribution in [2.75, 3.05) is 27.2 Å². The first-order valence-electron chi connectivity index (χ1n) is 9.13. The van der Waals surface area contributed by atoms with Gasteiger partial charge in [0, 0.05) is 29.7 Å². The van der Waals surface area contributed by atoms with Gasteiger partial charge in [0.05, 0.1) is 7.11 Å². The van der Waals surface area contributed by atoms with Crippen LogP contribution in [0.5, 0.6) is 11.5 Å². The Kier molecular flexibility index (Phi) is 6.58. The number of benzene rings is 2. The number of halogens is 1. The molecule has 0 bridgehead atoms. The molecule has 0 saturated carbocycles. The van der Waals surface area contributed by atoms with E-state index in [0.29, 0.717) is 28.7 Å². The van der Waals surface area contributed by atoms with E-state index in [9.17, 15) is 4.79 Å². The zero-order chi connectivity index (χ0) is 19.2. The highest BCUT2D eigenvalue weighted by Crippen LogP contribution is 2.30. The molecule has 144 valence electrons. The smallest absolute Gasteiger partial charge is 0.254 e. The van der Waals surface area contributed by atoms with Gasteiger partial charge in [-0.15, -0.1) is 0 Å². The first kappa shape index (κ1) is 19.5. The predicted octanol–water partition coefficient (Wildman–Crippen LogP) is 3.75. The quantitative estimate of drug-likeness (QED) is 0.784. The Balaban J connectivity index is 1.71. The fraction of sp³-hybridized carbons (Fsp3) is 0.381. The van der Waals surface area contributed by atoms with Crippen LogP contribution in [0.2, 0.25) is 5.02 Å².